The molecule has 0 fully saturated rings. The van der Waals surface area contributed by atoms with Gasteiger partial charge in [-0.25, -0.2) is 2.92 Å². The molecule has 28 valence electrons. The number of rotatable bonds is 0. The molecule has 0 heterocycles. The average Bonchev–Trinajstić information content (AvgIpc) is 0.918. The SMILES string of the molecule is BrOBr.O. The summed E-state index contributed by atoms with van der Waals surface area (Å²) >= 11 is 5.12. The fraction of sp³-hybridized carbons (Fsp3) is 0. The summed E-state index contributed by atoms with van der Waals surface area (Å²) in [7, 11) is 0. The Labute approximate surface area is 41.4 Å². The lowest BCUT2D eigenvalue weighted by Gasteiger charge is -1.48. The van der Waals surface area contributed by atoms with Gasteiger partial charge in [-0.3, -0.25) is 0 Å². The van der Waals surface area contributed by atoms with Gasteiger partial charge in [-0.2, -0.15) is 0 Å². The summed E-state index contributed by atoms with van der Waals surface area (Å²) in [5, 5.41) is 0. The van der Waals surface area contributed by atoms with Gasteiger partial charge in [0.2, 0.25) is 0 Å². The minimum absolute atomic E-state index is 0. The van der Waals surface area contributed by atoms with E-state index in [0.29, 0.717) is 0 Å². The van der Waals surface area contributed by atoms with E-state index in [-0.39, 0.29) is 5.48 Å². The van der Waals surface area contributed by atoms with Crippen molar-refractivity contribution in [2.75, 3.05) is 0 Å². The van der Waals surface area contributed by atoms with Crippen molar-refractivity contribution < 1.29 is 8.40 Å². The molecule has 0 unspecified atom stereocenters. The van der Waals surface area contributed by atoms with E-state index in [1.807, 2.05) is 0 Å². The molecular weight excluding hydrogens is 192 g/mol. The molecule has 0 bridgehead atoms. The van der Waals surface area contributed by atoms with E-state index in [4.69, 9.17) is 0 Å². The van der Waals surface area contributed by atoms with E-state index in [1.54, 1.807) is 0 Å². The first kappa shape index (κ1) is 8.86. The Morgan fingerprint density at radius 2 is 1.25 bits per heavy atom. The fourth-order valence-corrected chi connectivity index (χ4v) is 0. The van der Waals surface area contributed by atoms with Crippen molar-refractivity contribution in [3.05, 3.63) is 0 Å². The van der Waals surface area contributed by atoms with Gasteiger partial charge in [-0.1, -0.05) is 0 Å². The average molecular weight is 194 g/mol. The van der Waals surface area contributed by atoms with Crippen molar-refractivity contribution >= 4 is 32.5 Å². The molecular formula is H2Br2O2. The molecule has 0 aliphatic carbocycles. The van der Waals surface area contributed by atoms with Crippen LogP contribution in [0.5, 0.6) is 0 Å². The van der Waals surface area contributed by atoms with Crippen LogP contribution < -0.4 is 0 Å². The molecule has 4 heteroatoms. The van der Waals surface area contributed by atoms with Gasteiger partial charge in [0, 0.05) is 0 Å². The maximum absolute atomic E-state index is 3.88. The molecule has 0 amide bonds. The van der Waals surface area contributed by atoms with Crippen LogP contribution in [-0.2, 0) is 2.92 Å². The second-order valence-corrected chi connectivity index (χ2v) is 1.57. The molecule has 0 spiro atoms. The van der Waals surface area contributed by atoms with E-state index in [2.05, 4.69) is 35.4 Å². The zero-order valence-electron chi connectivity index (χ0n) is 1.66. The highest BCUT2D eigenvalue weighted by Gasteiger charge is 1.37. The van der Waals surface area contributed by atoms with Gasteiger partial charge in [0.05, 0.1) is 0 Å². The topological polar surface area (TPSA) is 40.7 Å². The van der Waals surface area contributed by atoms with E-state index in [1.165, 1.54) is 0 Å². The Bertz CT molecular complexity index is 4.00. The van der Waals surface area contributed by atoms with Crippen LogP contribution in [0.2, 0.25) is 0 Å². The molecule has 0 rings (SSSR count). The van der Waals surface area contributed by atoms with Gasteiger partial charge in [0.25, 0.3) is 0 Å². The van der Waals surface area contributed by atoms with Crippen molar-refractivity contribution in [1.29, 1.82) is 0 Å². The third-order valence-corrected chi connectivity index (χ3v) is 0. The Morgan fingerprint density at radius 1 is 1.25 bits per heavy atom. The normalized spacial score (nSPS) is 4.50. The maximum atomic E-state index is 3.88. The number of hydrogen-bond donors (Lipinski definition) is 0. The summed E-state index contributed by atoms with van der Waals surface area (Å²) in [6, 6.07) is 0. The van der Waals surface area contributed by atoms with Crippen molar-refractivity contribution in [3.8, 4) is 0 Å². The molecule has 0 aliphatic heterocycles. The summed E-state index contributed by atoms with van der Waals surface area (Å²) in [6.07, 6.45) is 0. The van der Waals surface area contributed by atoms with Gasteiger partial charge >= 0.3 is 0 Å². The standard InChI is InChI=1S/Br2O.H2O/c1-3-2;/h;1H2. The first-order valence-electron chi connectivity index (χ1n) is 0.309. The molecule has 0 atom stereocenters. The van der Waals surface area contributed by atoms with E-state index in [0.717, 1.165) is 0 Å². The number of hydrogen-bond acceptors (Lipinski definition) is 1. The van der Waals surface area contributed by atoms with Crippen LogP contribution in [0, 0.1) is 0 Å². The molecule has 0 aromatic heterocycles. The second kappa shape index (κ2) is 9.11. The first-order chi connectivity index (χ1) is 1.41. The van der Waals surface area contributed by atoms with Crippen molar-refractivity contribution in [2.45, 2.75) is 0 Å². The van der Waals surface area contributed by atoms with E-state index >= 15 is 0 Å². The number of halogens is 2. The summed E-state index contributed by atoms with van der Waals surface area (Å²) in [4.78, 5) is 0. The molecule has 2 N–H and O–H groups in total. The molecule has 0 saturated carbocycles. The zero-order valence-corrected chi connectivity index (χ0v) is 4.84. The highest BCUT2D eigenvalue weighted by molar-refractivity contribution is 9.18. The summed E-state index contributed by atoms with van der Waals surface area (Å²) in [5.74, 6) is 0. The molecule has 4 heavy (non-hydrogen) atoms. The highest BCUT2D eigenvalue weighted by atomic mass is 79.9. The molecule has 0 saturated heterocycles. The van der Waals surface area contributed by atoms with Crippen LogP contribution >= 0.6 is 32.5 Å². The van der Waals surface area contributed by atoms with Gasteiger partial charge in [-0.05, 0) is 0 Å². The van der Waals surface area contributed by atoms with Crippen LogP contribution in [0.1, 0.15) is 0 Å². The molecule has 0 aromatic carbocycles. The molecule has 0 aromatic rings. The minimum Gasteiger partial charge on any atom is -0.412 e. The van der Waals surface area contributed by atoms with Crippen molar-refractivity contribution in [1.82, 2.24) is 0 Å². The maximum Gasteiger partial charge on any atom is 0.115 e. The molecule has 0 aliphatic rings. The molecule has 2 nitrogen and oxygen atoms in total. The highest BCUT2D eigenvalue weighted by Crippen LogP contribution is 1.88. The third-order valence-electron chi connectivity index (χ3n) is 0. The van der Waals surface area contributed by atoms with Crippen molar-refractivity contribution in [3.63, 3.8) is 0 Å². The van der Waals surface area contributed by atoms with Gasteiger partial charge in [0.15, 0.2) is 0 Å². The van der Waals surface area contributed by atoms with E-state index < -0.39 is 0 Å². The lowest BCUT2D eigenvalue weighted by Crippen LogP contribution is -1.10. The predicted molar refractivity (Wildman–Crippen MR) is 22.6 cm³/mol. The van der Waals surface area contributed by atoms with Gasteiger partial charge in [-0.15, -0.1) is 0 Å². The van der Waals surface area contributed by atoms with Crippen LogP contribution in [-0.4, -0.2) is 5.48 Å². The van der Waals surface area contributed by atoms with Crippen LogP contribution in [0.4, 0.5) is 0 Å². The van der Waals surface area contributed by atoms with Gasteiger partial charge in [0.1, 0.15) is 32.5 Å². The third kappa shape index (κ3) is 13.1. The summed E-state index contributed by atoms with van der Waals surface area (Å²) in [5.41, 5.74) is 0. The van der Waals surface area contributed by atoms with Crippen LogP contribution in [0.3, 0.4) is 0 Å². The fourth-order valence-electron chi connectivity index (χ4n) is 0. The van der Waals surface area contributed by atoms with Crippen LogP contribution in [0.25, 0.3) is 0 Å². The predicted octanol–water partition coefficient (Wildman–Crippen LogP) is 0.798. The smallest absolute Gasteiger partial charge is 0.115 e. The second-order valence-electron chi connectivity index (χ2n) is 0.0583. The van der Waals surface area contributed by atoms with E-state index in [9.17, 15) is 0 Å². The summed E-state index contributed by atoms with van der Waals surface area (Å²) in [6.45, 7) is 0. The minimum atomic E-state index is 0. The summed E-state index contributed by atoms with van der Waals surface area (Å²) < 4.78 is 3.88. The first-order valence-corrected chi connectivity index (χ1v) is 1.60. The van der Waals surface area contributed by atoms with Crippen molar-refractivity contribution in [2.24, 2.45) is 0 Å². The Morgan fingerprint density at radius 3 is 1.25 bits per heavy atom. The van der Waals surface area contributed by atoms with Gasteiger partial charge < -0.3 is 5.48 Å². The zero-order chi connectivity index (χ0) is 2.71. The monoisotopic (exact) mass is 192 g/mol. The van der Waals surface area contributed by atoms with Crippen LogP contribution in [0.15, 0.2) is 0 Å². The lowest BCUT2D eigenvalue weighted by molar-refractivity contribution is 0.824. The molecule has 0 radical (unpaired) electrons. The quantitative estimate of drug-likeness (QED) is 0.561. The Hall–Kier alpha value is 0.880. The lowest BCUT2D eigenvalue weighted by atomic mass is 16.0. The largest absolute Gasteiger partial charge is 0.412 e. The Kier molecular flexibility index (Phi) is 20.2. The Balaban J connectivity index is 0.